The minimum Gasteiger partial charge on any atom is -0.485 e. The maximum Gasteiger partial charge on any atom is 0.321 e. The van der Waals surface area contributed by atoms with Crippen molar-refractivity contribution in [2.24, 2.45) is 5.92 Å². The molecule has 0 spiro atoms. The Morgan fingerprint density at radius 2 is 1.88 bits per heavy atom. The Labute approximate surface area is 245 Å². The highest BCUT2D eigenvalue weighted by Crippen LogP contribution is 2.36. The van der Waals surface area contributed by atoms with Crippen LogP contribution in [-0.2, 0) is 10.0 Å². The van der Waals surface area contributed by atoms with E-state index in [1.807, 2.05) is 13.8 Å². The lowest BCUT2D eigenvalue weighted by atomic mass is 9.99. The van der Waals surface area contributed by atoms with Crippen LogP contribution in [0.25, 0.3) is 0 Å². The Kier molecular flexibility index (Phi) is 9.12. The quantitative estimate of drug-likeness (QED) is 0.353. The molecule has 3 N–H and O–H groups in total. The molecule has 0 bridgehead atoms. The van der Waals surface area contributed by atoms with Gasteiger partial charge in [-0.3, -0.25) is 9.52 Å². The van der Waals surface area contributed by atoms with E-state index < -0.39 is 34.1 Å². The molecule has 0 fully saturated rings. The smallest absolute Gasteiger partial charge is 0.321 e. The van der Waals surface area contributed by atoms with Crippen LogP contribution in [-0.4, -0.2) is 79.3 Å². The van der Waals surface area contributed by atoms with E-state index in [2.05, 4.69) is 15.2 Å². The lowest BCUT2D eigenvalue weighted by Crippen LogP contribution is -2.50. The Morgan fingerprint density at radius 3 is 2.50 bits per heavy atom. The minimum absolute atomic E-state index is 0.0457. The molecule has 2 heterocycles. The summed E-state index contributed by atoms with van der Waals surface area (Å²) in [6.07, 6.45) is -0.657. The average molecular weight is 600 g/mol. The van der Waals surface area contributed by atoms with E-state index >= 15 is 0 Å². The van der Waals surface area contributed by atoms with Crippen LogP contribution < -0.4 is 14.8 Å². The molecule has 42 heavy (non-hydrogen) atoms. The first-order valence-electron chi connectivity index (χ1n) is 13.6. The lowest BCUT2D eigenvalue weighted by molar-refractivity contribution is 0.0373. The van der Waals surface area contributed by atoms with Crippen LogP contribution in [0.2, 0.25) is 0 Å². The molecule has 4 rings (SSSR count). The van der Waals surface area contributed by atoms with E-state index in [0.29, 0.717) is 17.1 Å². The molecule has 226 valence electrons. The molecule has 0 saturated heterocycles. The molecule has 0 saturated carbocycles. The number of amides is 3. The number of aromatic nitrogens is 1. The van der Waals surface area contributed by atoms with Gasteiger partial charge in [-0.2, -0.15) is 0 Å². The number of hydrogen-bond acceptors (Lipinski definition) is 8. The first-order valence-corrected chi connectivity index (χ1v) is 15.1. The molecule has 1 aliphatic rings. The predicted molar refractivity (Wildman–Crippen MR) is 157 cm³/mol. The van der Waals surface area contributed by atoms with E-state index in [-0.39, 0.29) is 47.5 Å². The number of carbonyl (C=O) groups excluding carboxylic acids is 2. The molecule has 12 nitrogen and oxygen atoms in total. The topological polar surface area (TPSA) is 154 Å². The molecule has 0 aliphatic carbocycles. The number of hydrogen-bond donors (Lipinski definition) is 3. The number of benzene rings is 2. The second kappa shape index (κ2) is 12.4. The number of aliphatic hydroxyl groups excluding tert-OH is 1. The zero-order chi connectivity index (χ0) is 30.8. The van der Waals surface area contributed by atoms with Crippen molar-refractivity contribution < 1.29 is 32.4 Å². The van der Waals surface area contributed by atoms with Gasteiger partial charge in [0.15, 0.2) is 11.5 Å². The third-order valence-corrected chi connectivity index (χ3v) is 8.71. The number of ether oxygens (including phenoxy) is 1. The van der Waals surface area contributed by atoms with Crippen LogP contribution in [0, 0.1) is 26.7 Å². The number of rotatable bonds is 8. The van der Waals surface area contributed by atoms with E-state index in [0.717, 1.165) is 5.56 Å². The van der Waals surface area contributed by atoms with Crippen LogP contribution in [0.15, 0.2) is 51.9 Å². The fraction of sp³-hybridized carbons (Fsp3) is 0.414. The average Bonchev–Trinajstić information content (AvgIpc) is 3.26. The van der Waals surface area contributed by atoms with Crippen molar-refractivity contribution in [1.29, 1.82) is 0 Å². The number of fused-ring (bicyclic) bond motifs is 1. The third-order valence-electron chi connectivity index (χ3n) is 7.33. The second-order valence-electron chi connectivity index (χ2n) is 10.7. The summed E-state index contributed by atoms with van der Waals surface area (Å²) in [6.45, 7) is 8.95. The van der Waals surface area contributed by atoms with Gasteiger partial charge in [-0.25, -0.2) is 13.2 Å². The van der Waals surface area contributed by atoms with Gasteiger partial charge in [-0.1, -0.05) is 35.8 Å². The van der Waals surface area contributed by atoms with Gasteiger partial charge >= 0.3 is 6.03 Å². The zero-order valence-corrected chi connectivity index (χ0v) is 25.4. The first-order chi connectivity index (χ1) is 19.8. The Morgan fingerprint density at radius 1 is 1.19 bits per heavy atom. The van der Waals surface area contributed by atoms with Crippen molar-refractivity contribution >= 4 is 33.3 Å². The number of aliphatic hydroxyl groups is 1. The van der Waals surface area contributed by atoms with Gasteiger partial charge in [0, 0.05) is 19.5 Å². The predicted octanol–water partition coefficient (Wildman–Crippen LogP) is 3.78. The van der Waals surface area contributed by atoms with Gasteiger partial charge in [0.2, 0.25) is 0 Å². The Balaban J connectivity index is 1.70. The summed E-state index contributed by atoms with van der Waals surface area (Å²) in [5, 5.41) is 16.6. The van der Waals surface area contributed by atoms with Crippen molar-refractivity contribution in [1.82, 2.24) is 15.0 Å². The number of nitrogens with zero attached hydrogens (tertiary/aromatic N) is 3. The number of sulfonamides is 1. The van der Waals surface area contributed by atoms with E-state index in [1.54, 1.807) is 57.0 Å². The fourth-order valence-electron chi connectivity index (χ4n) is 4.68. The van der Waals surface area contributed by atoms with Crippen molar-refractivity contribution in [3.8, 4) is 5.75 Å². The molecule has 3 aromatic rings. The number of carbonyl (C=O) groups is 2. The Bertz CT molecular complexity index is 1540. The number of nitrogens with one attached hydrogen (secondary N) is 2. The zero-order valence-electron chi connectivity index (χ0n) is 24.5. The number of anilines is 2. The molecule has 1 aliphatic heterocycles. The number of para-hydroxylation sites is 1. The molecular formula is C29H37N5O7S. The second-order valence-corrected chi connectivity index (χ2v) is 12.4. The van der Waals surface area contributed by atoms with Crippen molar-refractivity contribution in [3.63, 3.8) is 0 Å². The number of urea groups is 1. The Hall–Kier alpha value is -4.10. The highest BCUT2D eigenvalue weighted by atomic mass is 32.2. The van der Waals surface area contributed by atoms with Gasteiger partial charge in [0.05, 0.1) is 35.3 Å². The van der Waals surface area contributed by atoms with E-state index in [1.165, 1.54) is 23.1 Å². The van der Waals surface area contributed by atoms with E-state index in [9.17, 15) is 23.1 Å². The van der Waals surface area contributed by atoms with Gasteiger partial charge in [0.1, 0.15) is 17.5 Å². The SMILES string of the molecule is Cc1ccc(S(=O)(=O)Nc2cccc3c2O[C@@H](CN(C)C(=O)Nc2c(C)noc2C)[C@@H](C)CN([C@H](C)CO)C3=O)cc1. The minimum atomic E-state index is -4.03. The maximum absolute atomic E-state index is 13.7. The summed E-state index contributed by atoms with van der Waals surface area (Å²) < 4.78 is 40.7. The summed E-state index contributed by atoms with van der Waals surface area (Å²) in [4.78, 5) is 29.8. The number of aryl methyl sites for hydroxylation is 3. The molecule has 0 radical (unpaired) electrons. The maximum atomic E-state index is 13.7. The third kappa shape index (κ3) is 6.52. The van der Waals surface area contributed by atoms with Crippen LogP contribution >= 0.6 is 0 Å². The van der Waals surface area contributed by atoms with Crippen molar-refractivity contribution in [2.75, 3.05) is 36.8 Å². The molecule has 2 aromatic carbocycles. The fourth-order valence-corrected chi connectivity index (χ4v) is 5.74. The molecule has 13 heteroatoms. The van der Waals surface area contributed by atoms with Crippen LogP contribution in [0.4, 0.5) is 16.2 Å². The molecular weight excluding hydrogens is 562 g/mol. The first kappa shape index (κ1) is 30.8. The molecule has 0 unspecified atom stereocenters. The summed E-state index contributed by atoms with van der Waals surface area (Å²) in [5.41, 5.74) is 2.14. The summed E-state index contributed by atoms with van der Waals surface area (Å²) in [5.74, 6) is -0.203. The molecule has 1 aromatic heterocycles. The van der Waals surface area contributed by atoms with Gasteiger partial charge in [0.25, 0.3) is 15.9 Å². The van der Waals surface area contributed by atoms with Crippen molar-refractivity contribution in [3.05, 3.63) is 65.0 Å². The highest BCUT2D eigenvalue weighted by molar-refractivity contribution is 7.92. The standard InChI is InChI=1S/C29H37N5O7S/c1-17-10-12-22(13-11-17)42(38,39)32-24-9-7-8-23-27(24)40-25(18(2)14-34(28(23)36)19(3)16-35)15-33(6)29(37)30-26-20(4)31-41-21(26)5/h7-13,18-19,25,32,35H,14-16H2,1-6H3,(H,30,37)/t18-,19+,25-/m0/s1. The van der Waals surface area contributed by atoms with Crippen LogP contribution in [0.5, 0.6) is 5.75 Å². The van der Waals surface area contributed by atoms with E-state index in [4.69, 9.17) is 9.26 Å². The van der Waals surface area contributed by atoms with Crippen LogP contribution in [0.1, 0.15) is 41.2 Å². The molecule has 3 atom stereocenters. The van der Waals surface area contributed by atoms with Gasteiger partial charge in [-0.15, -0.1) is 0 Å². The number of likely N-dealkylation sites (N-methyl/N-ethyl adjacent to an activating group) is 1. The van der Waals surface area contributed by atoms with Gasteiger partial charge in [-0.05, 0) is 52.0 Å². The lowest BCUT2D eigenvalue weighted by Gasteiger charge is -2.38. The highest BCUT2D eigenvalue weighted by Gasteiger charge is 2.35. The van der Waals surface area contributed by atoms with Gasteiger partial charge < -0.3 is 29.5 Å². The molecule has 3 amide bonds. The summed E-state index contributed by atoms with van der Waals surface area (Å²) in [6, 6.07) is 10.1. The monoisotopic (exact) mass is 599 g/mol. The largest absolute Gasteiger partial charge is 0.485 e. The summed E-state index contributed by atoms with van der Waals surface area (Å²) in [7, 11) is -2.42. The summed E-state index contributed by atoms with van der Waals surface area (Å²) >= 11 is 0. The normalized spacial score (nSPS) is 17.9. The van der Waals surface area contributed by atoms with Crippen molar-refractivity contribution in [2.45, 2.75) is 51.7 Å². The van der Waals surface area contributed by atoms with Crippen LogP contribution in [0.3, 0.4) is 0 Å².